The fourth-order valence-electron chi connectivity index (χ4n) is 8.84. The number of hydrogen-bond donors (Lipinski definition) is 5. The molecule has 23 heteroatoms. The number of nitrogens with one attached hydrogen (secondary N) is 1. The first-order valence-corrected chi connectivity index (χ1v) is 33.4. The van der Waals surface area contributed by atoms with E-state index < -0.39 is 154 Å². The Hall–Kier alpha value is -6.72. The molecule has 0 unspecified atom stereocenters. The van der Waals surface area contributed by atoms with Crippen molar-refractivity contribution in [1.29, 1.82) is 0 Å². The Bertz CT molecular complexity index is 2370. The van der Waals surface area contributed by atoms with Crippen molar-refractivity contribution in [3.63, 3.8) is 0 Å². The molecular formula is C53H73N5O17Sn. The van der Waals surface area contributed by atoms with E-state index >= 15 is 0 Å². The molecule has 0 spiro atoms. The number of carbonyl (C=O) groups is 12. The Morgan fingerprint density at radius 3 is 1.63 bits per heavy atom. The number of carboxylic acids is 4. The van der Waals surface area contributed by atoms with Gasteiger partial charge in [-0.15, -0.1) is 5.06 Å². The SMILES string of the molecule is CCC[CH2][Sn]([CH2]CCC)([CH2]CCC)[c]1cccc(C(=O)NCCCC[C@@H](CC(=O)CN(CCC(=O)O)C(=O)CN(CCC(=O)O)C(=O)CN(CCC(=O)O)C(=O)c2cccc(C(=O)ON3C(=O)CCC3=O)c2)C(=O)O)c1. The molecule has 0 aromatic heterocycles. The van der Waals surface area contributed by atoms with Crippen LogP contribution >= 0.6 is 0 Å². The number of imide groups is 1. The predicted molar refractivity (Wildman–Crippen MR) is 277 cm³/mol. The molecule has 1 fully saturated rings. The molecule has 6 amide bonds. The van der Waals surface area contributed by atoms with Gasteiger partial charge in [-0.25, -0.2) is 4.79 Å². The van der Waals surface area contributed by atoms with Crippen LogP contribution in [0.3, 0.4) is 0 Å². The second kappa shape index (κ2) is 32.7. The van der Waals surface area contributed by atoms with Crippen LogP contribution in [0.4, 0.5) is 0 Å². The van der Waals surface area contributed by atoms with Gasteiger partial charge in [0.2, 0.25) is 11.8 Å². The summed E-state index contributed by atoms with van der Waals surface area (Å²) in [5.74, 6) is -13.4. The van der Waals surface area contributed by atoms with E-state index in [9.17, 15) is 78.0 Å². The first-order chi connectivity index (χ1) is 36.1. The van der Waals surface area contributed by atoms with E-state index in [1.807, 2.05) is 6.07 Å². The summed E-state index contributed by atoms with van der Waals surface area (Å²) < 4.78 is 5.11. The van der Waals surface area contributed by atoms with Gasteiger partial charge in [-0.2, -0.15) is 0 Å². The number of ketones is 1. The third-order valence-corrected chi connectivity index (χ3v) is 28.8. The number of amides is 6. The summed E-state index contributed by atoms with van der Waals surface area (Å²) in [5, 5.41) is 41.7. The molecule has 5 N–H and O–H groups in total. The van der Waals surface area contributed by atoms with Crippen LogP contribution in [0.2, 0.25) is 13.3 Å². The normalized spacial score (nSPS) is 12.6. The van der Waals surface area contributed by atoms with Gasteiger partial charge in [0.15, 0.2) is 0 Å². The Morgan fingerprint density at radius 2 is 1.11 bits per heavy atom. The molecule has 1 saturated heterocycles. The van der Waals surface area contributed by atoms with E-state index in [-0.39, 0.29) is 42.8 Å². The second-order valence-electron chi connectivity index (χ2n) is 19.0. The van der Waals surface area contributed by atoms with Gasteiger partial charge >= 0.3 is 224 Å². The zero-order chi connectivity index (χ0) is 56.4. The summed E-state index contributed by atoms with van der Waals surface area (Å²) in [6.07, 6.45) is 4.62. The number of aliphatic carboxylic acids is 4. The van der Waals surface area contributed by atoms with Crippen LogP contribution in [0, 0.1) is 5.92 Å². The minimum absolute atomic E-state index is 0.0301. The molecule has 76 heavy (non-hydrogen) atoms. The van der Waals surface area contributed by atoms with E-state index in [0.29, 0.717) is 23.5 Å². The summed E-state index contributed by atoms with van der Waals surface area (Å²) >= 11 is -2.81. The zero-order valence-electron chi connectivity index (χ0n) is 43.8. The summed E-state index contributed by atoms with van der Waals surface area (Å²) in [5.41, 5.74) is 0.0124. The van der Waals surface area contributed by atoms with Crippen molar-refractivity contribution >= 4 is 93.0 Å². The molecule has 0 radical (unpaired) electrons. The fraction of sp³-hybridized carbons (Fsp3) is 0.547. The fourth-order valence-corrected chi connectivity index (χ4v) is 24.9. The number of Topliss-reactive ketones (excluding diaryl/α,β-unsaturated/α-hetero) is 1. The van der Waals surface area contributed by atoms with Crippen LogP contribution in [-0.4, -0.2) is 175 Å². The Balaban J connectivity index is 1.70. The number of benzene rings is 2. The third kappa shape index (κ3) is 21.1. The van der Waals surface area contributed by atoms with Gasteiger partial charge in [0.05, 0.1) is 37.9 Å². The Kier molecular flexibility index (Phi) is 27.3. The van der Waals surface area contributed by atoms with Crippen molar-refractivity contribution in [2.75, 3.05) is 45.8 Å². The van der Waals surface area contributed by atoms with Crippen molar-refractivity contribution in [3.8, 4) is 0 Å². The number of hydrogen-bond acceptors (Lipinski definition) is 13. The summed E-state index contributed by atoms with van der Waals surface area (Å²) in [4.78, 5) is 160. The topological polar surface area (TPSA) is 320 Å². The Labute approximate surface area is 446 Å². The van der Waals surface area contributed by atoms with Gasteiger partial charge < -0.3 is 34.9 Å². The maximum absolute atomic E-state index is 13.9. The number of carboxylic acid groups (broad SMARTS) is 4. The van der Waals surface area contributed by atoms with E-state index in [4.69, 9.17) is 4.84 Å². The van der Waals surface area contributed by atoms with E-state index in [1.54, 1.807) is 6.07 Å². The molecular weight excluding hydrogens is 1100 g/mol. The average Bonchev–Trinajstić information content (AvgIpc) is 3.70. The molecule has 2 aromatic carbocycles. The zero-order valence-corrected chi connectivity index (χ0v) is 46.6. The molecule has 416 valence electrons. The van der Waals surface area contributed by atoms with Crippen molar-refractivity contribution in [2.24, 2.45) is 5.92 Å². The number of rotatable bonds is 37. The second-order valence-corrected chi connectivity index (χ2v) is 32.3. The molecule has 22 nitrogen and oxygen atoms in total. The molecule has 0 bridgehead atoms. The van der Waals surface area contributed by atoms with Gasteiger partial charge in [-0.1, -0.05) is 6.07 Å². The third-order valence-electron chi connectivity index (χ3n) is 13.2. The van der Waals surface area contributed by atoms with Gasteiger partial charge in [-0.3, -0.25) is 43.2 Å². The summed E-state index contributed by atoms with van der Waals surface area (Å²) in [6.45, 7) is 2.43. The van der Waals surface area contributed by atoms with E-state index in [2.05, 4.69) is 38.2 Å². The molecule has 1 aliphatic rings. The standard InChI is InChI=1S/C41H46N5O17.3C4H9.Sn/c47-30(22-28(40(60)61)9-4-5-17-42-38(58)26-7-2-1-3-8-26)23-43(18-14-35(52)53)33(50)24-44(19-15-36(54)55)34(51)25-45(20-16-37(56)57)39(59)27-10-6-11-29(21-27)41(62)63-46-31(48)12-13-32(46)49;3*1-3-4-2;/h1-2,6-8,10-11,21,28H,4-5,9,12-20,22-25H2,(H,42,58)(H,52,53)(H,54,55)(H,56,57)(H,60,61);3*1,3-4H2,2H3;/t28-;;;;/m0..../s1. The molecule has 2 aromatic rings. The first-order valence-electron chi connectivity index (χ1n) is 26.0. The first kappa shape index (κ1) is 63.6. The molecule has 1 atom stereocenters. The van der Waals surface area contributed by atoms with Crippen LogP contribution in [0.5, 0.6) is 0 Å². The van der Waals surface area contributed by atoms with Crippen LogP contribution in [0.25, 0.3) is 0 Å². The summed E-state index contributed by atoms with van der Waals surface area (Å²) in [6, 6.07) is 12.7. The number of carbonyl (C=O) groups excluding carboxylic acids is 8. The van der Waals surface area contributed by atoms with Crippen molar-refractivity contribution in [1.82, 2.24) is 25.1 Å². The van der Waals surface area contributed by atoms with E-state index in [1.165, 1.54) is 54.4 Å². The number of nitrogens with zero attached hydrogens (tertiary/aromatic N) is 4. The van der Waals surface area contributed by atoms with E-state index in [0.717, 1.165) is 40.0 Å². The number of hydroxylamine groups is 2. The van der Waals surface area contributed by atoms with Crippen molar-refractivity contribution in [3.05, 3.63) is 65.2 Å². The quantitative estimate of drug-likeness (QED) is 0.0346. The van der Waals surface area contributed by atoms with Crippen LogP contribution in [0.15, 0.2) is 48.5 Å². The van der Waals surface area contributed by atoms with Gasteiger partial charge in [0.1, 0.15) is 6.54 Å². The predicted octanol–water partition coefficient (Wildman–Crippen LogP) is 4.75. The summed E-state index contributed by atoms with van der Waals surface area (Å²) in [7, 11) is 0. The van der Waals surface area contributed by atoms with Gasteiger partial charge in [0.25, 0.3) is 17.7 Å². The number of unbranched alkanes of at least 4 members (excludes halogenated alkanes) is 4. The average molecular weight is 1170 g/mol. The molecule has 3 rings (SSSR count). The van der Waals surface area contributed by atoms with Crippen LogP contribution < -0.4 is 8.90 Å². The molecule has 0 aliphatic carbocycles. The van der Waals surface area contributed by atoms with Crippen molar-refractivity contribution in [2.45, 2.75) is 130 Å². The monoisotopic (exact) mass is 1170 g/mol. The molecule has 0 saturated carbocycles. The van der Waals surface area contributed by atoms with Gasteiger partial charge in [-0.05, 0) is 18.2 Å². The minimum atomic E-state index is -2.81. The van der Waals surface area contributed by atoms with Crippen LogP contribution in [0.1, 0.15) is 148 Å². The Morgan fingerprint density at radius 1 is 0.618 bits per heavy atom. The maximum atomic E-state index is 13.9. The van der Waals surface area contributed by atoms with Gasteiger partial charge in [0, 0.05) is 38.0 Å². The van der Waals surface area contributed by atoms with Crippen LogP contribution in [-0.2, 0) is 48.0 Å². The molecule has 1 aliphatic heterocycles. The molecule has 1 heterocycles. The van der Waals surface area contributed by atoms with Crippen molar-refractivity contribution < 1.29 is 82.8 Å².